The van der Waals surface area contributed by atoms with E-state index < -0.39 is 0 Å². The number of rotatable bonds is 2. The highest BCUT2D eigenvalue weighted by Gasteiger charge is 2.21. The number of anilines is 3. The van der Waals surface area contributed by atoms with Gasteiger partial charge in [0.15, 0.2) is 0 Å². The van der Waals surface area contributed by atoms with Gasteiger partial charge in [0.2, 0.25) is 0 Å². The average molecular weight is 385 g/mol. The van der Waals surface area contributed by atoms with Crippen molar-refractivity contribution in [1.82, 2.24) is 14.3 Å². The maximum Gasteiger partial charge on any atom is 0.253 e. The highest BCUT2D eigenvalue weighted by atomic mass is 16.1. The number of aromatic nitrogens is 3. The molecule has 0 saturated carbocycles. The molecule has 0 radical (unpaired) electrons. The minimum Gasteiger partial charge on any atom is -0.382 e. The van der Waals surface area contributed by atoms with E-state index in [1.54, 1.807) is 4.57 Å². The van der Waals surface area contributed by atoms with E-state index in [1.165, 1.54) is 0 Å². The lowest BCUT2D eigenvalue weighted by atomic mass is 10.0. The van der Waals surface area contributed by atoms with Crippen molar-refractivity contribution < 1.29 is 0 Å². The van der Waals surface area contributed by atoms with E-state index in [-0.39, 0.29) is 5.56 Å². The van der Waals surface area contributed by atoms with E-state index in [0.717, 1.165) is 57.7 Å². The molecule has 0 atom stereocenters. The topological polar surface area (TPSA) is 55.1 Å². The molecule has 0 bridgehead atoms. The van der Waals surface area contributed by atoms with Crippen molar-refractivity contribution in [2.24, 2.45) is 14.1 Å². The summed E-state index contributed by atoms with van der Waals surface area (Å²) < 4.78 is 3.56. The summed E-state index contributed by atoms with van der Waals surface area (Å²) in [5.41, 5.74) is 7.38. The van der Waals surface area contributed by atoms with Crippen LogP contribution in [0.25, 0.3) is 22.0 Å². The van der Waals surface area contributed by atoms with Crippen LogP contribution in [0, 0.1) is 6.92 Å². The fourth-order valence-electron chi connectivity index (χ4n) is 4.20. The Morgan fingerprint density at radius 3 is 2.69 bits per heavy atom. The van der Waals surface area contributed by atoms with Crippen molar-refractivity contribution in [3.05, 3.63) is 70.8 Å². The maximum absolute atomic E-state index is 12.4. The van der Waals surface area contributed by atoms with Crippen molar-refractivity contribution in [1.29, 1.82) is 0 Å². The molecule has 146 valence electrons. The Hall–Kier alpha value is -3.54. The first-order valence-corrected chi connectivity index (χ1v) is 9.77. The van der Waals surface area contributed by atoms with Crippen molar-refractivity contribution in [2.75, 3.05) is 23.3 Å². The van der Waals surface area contributed by atoms with Crippen LogP contribution in [0.15, 0.2) is 59.7 Å². The number of nitrogens with one attached hydrogen (secondary N) is 1. The molecule has 6 heteroatoms. The lowest BCUT2D eigenvalue weighted by molar-refractivity contribution is 0.768. The second-order valence-corrected chi connectivity index (χ2v) is 7.61. The van der Waals surface area contributed by atoms with Gasteiger partial charge in [-0.3, -0.25) is 9.48 Å². The molecule has 0 fully saturated rings. The van der Waals surface area contributed by atoms with Gasteiger partial charge in [0.25, 0.3) is 5.56 Å². The highest BCUT2D eigenvalue weighted by Crippen LogP contribution is 2.39. The third kappa shape index (κ3) is 2.79. The zero-order chi connectivity index (χ0) is 20.1. The van der Waals surface area contributed by atoms with Gasteiger partial charge >= 0.3 is 0 Å². The second-order valence-electron chi connectivity index (χ2n) is 7.61. The Labute approximate surface area is 169 Å². The molecule has 0 aliphatic carbocycles. The lowest BCUT2D eigenvalue weighted by Gasteiger charge is -2.33. The molecule has 1 aliphatic heterocycles. The highest BCUT2D eigenvalue weighted by molar-refractivity contribution is 5.97. The number of pyridine rings is 1. The Balaban J connectivity index is 1.65. The third-order valence-electron chi connectivity index (χ3n) is 5.69. The largest absolute Gasteiger partial charge is 0.382 e. The number of nitrogens with zero attached hydrogens (tertiary/aromatic N) is 4. The van der Waals surface area contributed by atoms with Gasteiger partial charge in [-0.25, -0.2) is 0 Å². The number of hydrogen-bond acceptors (Lipinski definition) is 4. The molecule has 29 heavy (non-hydrogen) atoms. The van der Waals surface area contributed by atoms with E-state index >= 15 is 0 Å². The van der Waals surface area contributed by atoms with Crippen LogP contribution in [0.5, 0.6) is 0 Å². The normalized spacial score (nSPS) is 13.4. The summed E-state index contributed by atoms with van der Waals surface area (Å²) >= 11 is 0. The number of benzene rings is 2. The fourth-order valence-corrected chi connectivity index (χ4v) is 4.20. The Bertz CT molecular complexity index is 1300. The predicted molar refractivity (Wildman–Crippen MR) is 118 cm³/mol. The van der Waals surface area contributed by atoms with Crippen LogP contribution in [0.3, 0.4) is 0 Å². The molecule has 2 aromatic heterocycles. The smallest absolute Gasteiger partial charge is 0.253 e. The summed E-state index contributed by atoms with van der Waals surface area (Å²) in [6.45, 7) is 3.59. The van der Waals surface area contributed by atoms with Gasteiger partial charge in [-0.2, -0.15) is 5.10 Å². The fraction of sp³-hybridized carbons (Fsp3) is 0.217. The minimum atomic E-state index is 0.0523. The van der Waals surface area contributed by atoms with Crippen LogP contribution in [-0.4, -0.2) is 27.4 Å². The van der Waals surface area contributed by atoms with Crippen LogP contribution < -0.4 is 15.8 Å². The number of hydrogen-bond donors (Lipinski definition) is 1. The minimum absolute atomic E-state index is 0.0523. The van der Waals surface area contributed by atoms with Crippen LogP contribution in [0.1, 0.15) is 5.56 Å². The first kappa shape index (κ1) is 17.6. The Morgan fingerprint density at radius 2 is 1.90 bits per heavy atom. The summed E-state index contributed by atoms with van der Waals surface area (Å²) in [4.78, 5) is 14.7. The molecule has 0 unspecified atom stereocenters. The van der Waals surface area contributed by atoms with E-state index in [4.69, 9.17) is 0 Å². The maximum atomic E-state index is 12.4. The quantitative estimate of drug-likeness (QED) is 0.570. The number of aryl methyl sites for hydroxylation is 3. The van der Waals surface area contributed by atoms with E-state index in [0.29, 0.717) is 0 Å². The first-order valence-electron chi connectivity index (χ1n) is 9.77. The molecule has 1 aliphatic rings. The average Bonchev–Trinajstić information content (AvgIpc) is 3.17. The first-order chi connectivity index (χ1) is 14.0. The Kier molecular flexibility index (Phi) is 3.94. The molecule has 0 saturated heterocycles. The van der Waals surface area contributed by atoms with Gasteiger partial charge in [0, 0.05) is 49.9 Å². The summed E-state index contributed by atoms with van der Waals surface area (Å²) in [6, 6.07) is 14.7. The molecule has 2 aromatic carbocycles. The zero-order valence-corrected chi connectivity index (χ0v) is 16.8. The number of fused-ring (bicyclic) bond motifs is 2. The van der Waals surface area contributed by atoms with Gasteiger partial charge in [0.1, 0.15) is 0 Å². The van der Waals surface area contributed by atoms with Crippen LogP contribution in [0.2, 0.25) is 0 Å². The van der Waals surface area contributed by atoms with Crippen molar-refractivity contribution in [3.8, 4) is 11.1 Å². The predicted octanol–water partition coefficient (Wildman–Crippen LogP) is 3.81. The second kappa shape index (κ2) is 6.51. The monoisotopic (exact) mass is 385 g/mol. The molecule has 5 rings (SSSR count). The van der Waals surface area contributed by atoms with Crippen LogP contribution in [-0.2, 0) is 14.1 Å². The summed E-state index contributed by atoms with van der Waals surface area (Å²) in [7, 11) is 3.77. The summed E-state index contributed by atoms with van der Waals surface area (Å²) in [5, 5.41) is 8.91. The summed E-state index contributed by atoms with van der Waals surface area (Å²) in [5.74, 6) is 0. The van der Waals surface area contributed by atoms with Crippen LogP contribution in [0.4, 0.5) is 17.1 Å². The van der Waals surface area contributed by atoms with Gasteiger partial charge in [-0.1, -0.05) is 12.1 Å². The molecule has 6 nitrogen and oxygen atoms in total. The standard InChI is InChI=1S/C23H23N5O/c1-15-11-18-20(27(3)23(15)29)5-4-6-21(18)28-10-9-24-19-12-16(7-8-22(19)28)17-13-25-26(2)14-17/h4-8,11-14,24H,9-10H2,1-3H3. The molecule has 4 aromatic rings. The summed E-state index contributed by atoms with van der Waals surface area (Å²) in [6.07, 6.45) is 3.91. The SMILES string of the molecule is Cc1cc2c(N3CCNc4cc(-c5cnn(C)c5)ccc43)cccc2n(C)c1=O. The van der Waals surface area contributed by atoms with Crippen molar-refractivity contribution in [2.45, 2.75) is 6.92 Å². The van der Waals surface area contributed by atoms with Gasteiger partial charge in [-0.05, 0) is 42.8 Å². The van der Waals surface area contributed by atoms with E-state index in [9.17, 15) is 4.79 Å². The zero-order valence-electron chi connectivity index (χ0n) is 16.8. The lowest BCUT2D eigenvalue weighted by Crippen LogP contribution is -2.30. The molecule has 3 heterocycles. The van der Waals surface area contributed by atoms with Gasteiger partial charge in [0.05, 0.1) is 28.8 Å². The van der Waals surface area contributed by atoms with Crippen molar-refractivity contribution >= 4 is 28.0 Å². The Morgan fingerprint density at radius 1 is 1.03 bits per heavy atom. The molecular formula is C23H23N5O. The van der Waals surface area contributed by atoms with Gasteiger partial charge in [-0.15, -0.1) is 0 Å². The molecule has 1 N–H and O–H groups in total. The third-order valence-corrected chi connectivity index (χ3v) is 5.69. The molecule has 0 amide bonds. The molecular weight excluding hydrogens is 362 g/mol. The van der Waals surface area contributed by atoms with Gasteiger partial charge < -0.3 is 14.8 Å². The van der Waals surface area contributed by atoms with E-state index in [2.05, 4.69) is 39.6 Å². The van der Waals surface area contributed by atoms with Crippen LogP contribution >= 0.6 is 0 Å². The van der Waals surface area contributed by atoms with Crippen molar-refractivity contribution in [3.63, 3.8) is 0 Å². The van der Waals surface area contributed by atoms with E-state index in [1.807, 2.05) is 56.3 Å². The molecule has 0 spiro atoms.